The van der Waals surface area contributed by atoms with Crippen LogP contribution in [0.1, 0.15) is 17.9 Å². The summed E-state index contributed by atoms with van der Waals surface area (Å²) >= 11 is 0. The lowest BCUT2D eigenvalue weighted by Gasteiger charge is -2.16. The van der Waals surface area contributed by atoms with Gasteiger partial charge in [-0.05, 0) is 18.1 Å². The third kappa shape index (κ3) is 2.08. The van der Waals surface area contributed by atoms with Crippen LogP contribution >= 0.6 is 0 Å². The van der Waals surface area contributed by atoms with Crippen LogP contribution in [0.25, 0.3) is 0 Å². The van der Waals surface area contributed by atoms with Gasteiger partial charge < -0.3 is 16.2 Å². The molecular weight excluding hydrogens is 218 g/mol. The molecule has 4 N–H and O–H groups in total. The van der Waals surface area contributed by atoms with Crippen molar-refractivity contribution >= 4 is 11.7 Å². The number of aliphatic carboxylic acids is 1. The fourth-order valence-corrected chi connectivity index (χ4v) is 2.16. The first-order valence-electron chi connectivity index (χ1n) is 5.37. The molecule has 0 aromatic heterocycles. The van der Waals surface area contributed by atoms with E-state index < -0.39 is 18.1 Å². The van der Waals surface area contributed by atoms with E-state index >= 15 is 0 Å². The van der Waals surface area contributed by atoms with Crippen LogP contribution in [0.2, 0.25) is 0 Å². The second-order valence-corrected chi connectivity index (χ2v) is 4.13. The number of anilines is 1. The van der Waals surface area contributed by atoms with Gasteiger partial charge in [-0.3, -0.25) is 4.79 Å². The molecule has 3 atom stereocenters. The van der Waals surface area contributed by atoms with E-state index in [4.69, 9.17) is 16.1 Å². The molecule has 1 heterocycles. The Bertz CT molecular complexity index is 481. The quantitative estimate of drug-likeness (QED) is 0.717. The van der Waals surface area contributed by atoms with Gasteiger partial charge in [-0.1, -0.05) is 18.2 Å². The number of fused-ring (bicyclic) bond motifs is 1. The predicted molar refractivity (Wildman–Crippen MR) is 62.4 cm³/mol. The van der Waals surface area contributed by atoms with Gasteiger partial charge in [0.25, 0.3) is 0 Å². The highest BCUT2D eigenvalue weighted by molar-refractivity contribution is 5.73. The standard InChI is InChI=1S/C12H13N3O2/c13-6-11-8(5-9(14)12(16)17)7-3-1-2-4-10(7)15-11/h1-4,8-9,11,15H,5,14H2,(H,16,17)/t8-,9+,11+/m1/s1. The summed E-state index contributed by atoms with van der Waals surface area (Å²) in [5.74, 6) is -1.20. The fraction of sp³-hybridized carbons (Fsp3) is 0.333. The number of benzene rings is 1. The Balaban J connectivity index is 2.25. The largest absolute Gasteiger partial charge is 0.480 e. The van der Waals surface area contributed by atoms with Crippen molar-refractivity contribution in [1.82, 2.24) is 0 Å². The number of nitriles is 1. The van der Waals surface area contributed by atoms with Crippen LogP contribution in [0, 0.1) is 11.3 Å². The van der Waals surface area contributed by atoms with E-state index in [2.05, 4.69) is 11.4 Å². The average molecular weight is 231 g/mol. The lowest BCUT2D eigenvalue weighted by molar-refractivity contribution is -0.138. The second-order valence-electron chi connectivity index (χ2n) is 4.13. The van der Waals surface area contributed by atoms with Gasteiger partial charge in [0.2, 0.25) is 0 Å². The Morgan fingerprint density at radius 3 is 2.94 bits per heavy atom. The second kappa shape index (κ2) is 4.44. The van der Waals surface area contributed by atoms with Crippen LogP contribution < -0.4 is 11.1 Å². The molecule has 0 radical (unpaired) electrons. The van der Waals surface area contributed by atoms with E-state index in [1.165, 1.54) is 0 Å². The summed E-state index contributed by atoms with van der Waals surface area (Å²) in [5, 5.41) is 20.9. The smallest absolute Gasteiger partial charge is 0.320 e. The molecule has 0 unspecified atom stereocenters. The SMILES string of the molecule is N#C[C@@H]1Nc2ccccc2[C@H]1C[C@H](N)C(=O)O. The minimum atomic E-state index is -1.04. The highest BCUT2D eigenvalue weighted by atomic mass is 16.4. The van der Waals surface area contributed by atoms with Crippen LogP contribution in [-0.2, 0) is 4.79 Å². The molecule has 1 aliphatic rings. The van der Waals surface area contributed by atoms with Crippen molar-refractivity contribution in [2.45, 2.75) is 24.4 Å². The van der Waals surface area contributed by atoms with E-state index in [9.17, 15) is 4.79 Å². The van der Waals surface area contributed by atoms with Crippen LogP contribution in [0.4, 0.5) is 5.69 Å². The van der Waals surface area contributed by atoms with Gasteiger partial charge in [-0.2, -0.15) is 5.26 Å². The zero-order chi connectivity index (χ0) is 12.4. The number of rotatable bonds is 3. The molecule has 2 rings (SSSR count). The summed E-state index contributed by atoms with van der Waals surface area (Å²) in [7, 11) is 0. The Morgan fingerprint density at radius 1 is 1.59 bits per heavy atom. The molecule has 1 aromatic carbocycles. The summed E-state index contributed by atoms with van der Waals surface area (Å²) in [5.41, 5.74) is 7.39. The van der Waals surface area contributed by atoms with Crippen LogP contribution in [0.5, 0.6) is 0 Å². The molecule has 88 valence electrons. The predicted octanol–water partition coefficient (Wildman–Crippen LogP) is 0.890. The summed E-state index contributed by atoms with van der Waals surface area (Å²) < 4.78 is 0. The molecule has 17 heavy (non-hydrogen) atoms. The molecule has 5 nitrogen and oxygen atoms in total. The van der Waals surface area contributed by atoms with Crippen LogP contribution in [-0.4, -0.2) is 23.2 Å². The van der Waals surface area contributed by atoms with Crippen molar-refractivity contribution in [3.63, 3.8) is 0 Å². The number of hydrogen-bond acceptors (Lipinski definition) is 4. The molecule has 0 bridgehead atoms. The first-order valence-corrected chi connectivity index (χ1v) is 5.37. The number of nitrogens with zero attached hydrogens (tertiary/aromatic N) is 1. The number of carboxylic acid groups (broad SMARTS) is 1. The van der Waals surface area contributed by atoms with Gasteiger partial charge in [0.1, 0.15) is 12.1 Å². The van der Waals surface area contributed by atoms with E-state index in [0.717, 1.165) is 11.3 Å². The van der Waals surface area contributed by atoms with E-state index in [-0.39, 0.29) is 12.3 Å². The fourth-order valence-electron chi connectivity index (χ4n) is 2.16. The highest BCUT2D eigenvalue weighted by Gasteiger charge is 2.34. The number of hydrogen-bond donors (Lipinski definition) is 3. The minimum Gasteiger partial charge on any atom is -0.480 e. The zero-order valence-electron chi connectivity index (χ0n) is 9.13. The molecular formula is C12H13N3O2. The Labute approximate surface area is 98.9 Å². The third-order valence-corrected chi connectivity index (χ3v) is 3.04. The Kier molecular flexibility index (Phi) is 2.98. The van der Waals surface area contributed by atoms with E-state index in [1.807, 2.05) is 24.3 Å². The van der Waals surface area contributed by atoms with Crippen molar-refractivity contribution in [1.29, 1.82) is 5.26 Å². The van der Waals surface area contributed by atoms with Crippen molar-refractivity contribution in [3.05, 3.63) is 29.8 Å². The first kappa shape index (κ1) is 11.4. The normalized spacial score (nSPS) is 23.3. The summed E-state index contributed by atoms with van der Waals surface area (Å²) in [4.78, 5) is 10.8. The topological polar surface area (TPSA) is 99.1 Å². The van der Waals surface area contributed by atoms with Gasteiger partial charge in [0.15, 0.2) is 0 Å². The van der Waals surface area contributed by atoms with Gasteiger partial charge in [0, 0.05) is 11.6 Å². The van der Waals surface area contributed by atoms with E-state index in [1.54, 1.807) is 0 Å². The molecule has 5 heteroatoms. The number of carboxylic acids is 1. The Morgan fingerprint density at radius 2 is 2.29 bits per heavy atom. The maximum Gasteiger partial charge on any atom is 0.320 e. The molecule has 0 amide bonds. The monoisotopic (exact) mass is 231 g/mol. The lowest BCUT2D eigenvalue weighted by Crippen LogP contribution is -2.34. The summed E-state index contributed by atoms with van der Waals surface area (Å²) in [6.07, 6.45) is 0.261. The molecule has 0 aliphatic carbocycles. The first-order chi connectivity index (χ1) is 8.13. The number of para-hydroxylation sites is 1. The molecule has 0 spiro atoms. The summed E-state index contributed by atoms with van der Waals surface area (Å²) in [6.45, 7) is 0. The van der Waals surface area contributed by atoms with E-state index in [0.29, 0.717) is 0 Å². The summed E-state index contributed by atoms with van der Waals surface area (Å²) in [6, 6.07) is 8.33. The molecule has 0 fully saturated rings. The van der Waals surface area contributed by atoms with Gasteiger partial charge in [0.05, 0.1) is 6.07 Å². The maximum atomic E-state index is 10.8. The molecule has 0 saturated heterocycles. The van der Waals surface area contributed by atoms with Crippen molar-refractivity contribution < 1.29 is 9.90 Å². The van der Waals surface area contributed by atoms with Crippen molar-refractivity contribution in [2.24, 2.45) is 5.73 Å². The zero-order valence-corrected chi connectivity index (χ0v) is 9.13. The van der Waals surface area contributed by atoms with Crippen LogP contribution in [0.15, 0.2) is 24.3 Å². The van der Waals surface area contributed by atoms with Gasteiger partial charge in [-0.25, -0.2) is 0 Å². The van der Waals surface area contributed by atoms with Gasteiger partial charge in [-0.15, -0.1) is 0 Å². The maximum absolute atomic E-state index is 10.8. The minimum absolute atomic E-state index is 0.165. The van der Waals surface area contributed by atoms with Crippen molar-refractivity contribution in [3.8, 4) is 6.07 Å². The lowest BCUT2D eigenvalue weighted by atomic mass is 9.89. The third-order valence-electron chi connectivity index (χ3n) is 3.04. The number of carbonyl (C=O) groups is 1. The average Bonchev–Trinajstić information content (AvgIpc) is 2.67. The van der Waals surface area contributed by atoms with Crippen LogP contribution in [0.3, 0.4) is 0 Å². The molecule has 0 saturated carbocycles. The number of nitrogens with two attached hydrogens (primary N) is 1. The molecule has 1 aliphatic heterocycles. The number of nitrogens with one attached hydrogen (secondary N) is 1. The van der Waals surface area contributed by atoms with Gasteiger partial charge >= 0.3 is 5.97 Å². The Hall–Kier alpha value is -2.06. The van der Waals surface area contributed by atoms with Crippen molar-refractivity contribution in [2.75, 3.05) is 5.32 Å². The molecule has 1 aromatic rings. The highest BCUT2D eigenvalue weighted by Crippen LogP contribution is 2.38.